The lowest BCUT2D eigenvalue weighted by atomic mass is 9.65. The Morgan fingerprint density at radius 3 is 2.40 bits per heavy atom. The highest BCUT2D eigenvalue weighted by Crippen LogP contribution is 2.46. The summed E-state index contributed by atoms with van der Waals surface area (Å²) in [6.07, 6.45) is 13.3. The molecule has 5 radical (unpaired) electrons. The van der Waals surface area contributed by atoms with E-state index >= 15 is 0 Å². The molecule has 0 aromatic heterocycles. The Balaban J connectivity index is 2.01. The van der Waals surface area contributed by atoms with Crippen LogP contribution in [0.15, 0.2) is 0 Å². The van der Waals surface area contributed by atoms with Crippen molar-refractivity contribution in [3.63, 3.8) is 0 Å². The minimum absolute atomic E-state index is 0.823. The first-order chi connectivity index (χ1) is 7.18. The van der Waals surface area contributed by atoms with Crippen LogP contribution in [0.25, 0.3) is 0 Å². The van der Waals surface area contributed by atoms with Crippen LogP contribution in [0.3, 0.4) is 0 Å². The molecule has 0 nitrogen and oxygen atoms in total. The second-order valence-electron chi connectivity index (χ2n) is 5.65. The van der Waals surface area contributed by atoms with Crippen molar-refractivity contribution in [1.29, 1.82) is 0 Å². The molecule has 2 fully saturated rings. The number of hydrogen-bond acceptors (Lipinski definition) is 0. The zero-order valence-corrected chi connectivity index (χ0v) is 10.2. The Labute approximate surface area is 95.8 Å². The molecule has 3 unspecified atom stereocenters. The van der Waals surface area contributed by atoms with Gasteiger partial charge in [0.2, 0.25) is 0 Å². The van der Waals surface area contributed by atoms with E-state index < -0.39 is 0 Å². The van der Waals surface area contributed by atoms with Crippen LogP contribution in [0.2, 0.25) is 0 Å². The topological polar surface area (TPSA) is 0 Å². The summed E-state index contributed by atoms with van der Waals surface area (Å²) in [7, 11) is 0. The second-order valence-corrected chi connectivity index (χ2v) is 5.65. The van der Waals surface area contributed by atoms with Gasteiger partial charge in [0.1, 0.15) is 0 Å². The van der Waals surface area contributed by atoms with Gasteiger partial charge in [-0.15, -0.1) is 0 Å². The minimum atomic E-state index is 0.823. The fraction of sp³-hybridized carbons (Fsp3) is 0.667. The fourth-order valence-electron chi connectivity index (χ4n) is 3.22. The third-order valence-electron chi connectivity index (χ3n) is 4.14. The Morgan fingerprint density at radius 2 is 1.80 bits per heavy atom. The molecule has 0 saturated heterocycles. The Kier molecular flexibility index (Phi) is 3.74. The van der Waals surface area contributed by atoms with Crippen LogP contribution in [0, 0.1) is 55.3 Å². The third kappa shape index (κ3) is 2.57. The predicted molar refractivity (Wildman–Crippen MR) is 65.3 cm³/mol. The summed E-state index contributed by atoms with van der Waals surface area (Å²) in [6, 6.07) is 0. The highest BCUT2D eigenvalue weighted by Gasteiger charge is 2.37. The van der Waals surface area contributed by atoms with Crippen molar-refractivity contribution < 1.29 is 0 Å². The molecule has 0 heteroatoms. The Bertz CT molecular complexity index is 188. The van der Waals surface area contributed by atoms with Crippen LogP contribution in [0.4, 0.5) is 0 Å². The molecule has 2 saturated carbocycles. The molecular formula is C15H23. The molecule has 15 heavy (non-hydrogen) atoms. The predicted octanol–water partition coefficient (Wildman–Crippen LogP) is 4.10. The van der Waals surface area contributed by atoms with Gasteiger partial charge in [0.05, 0.1) is 0 Å². The largest absolute Gasteiger partial charge is 0.0625 e. The van der Waals surface area contributed by atoms with E-state index in [9.17, 15) is 0 Å². The summed E-state index contributed by atoms with van der Waals surface area (Å²) < 4.78 is 0. The van der Waals surface area contributed by atoms with Crippen molar-refractivity contribution >= 4 is 0 Å². The molecule has 2 aliphatic rings. The molecule has 0 aromatic carbocycles. The molecule has 3 atom stereocenters. The van der Waals surface area contributed by atoms with Crippen molar-refractivity contribution in [1.82, 2.24) is 0 Å². The molecule has 0 aliphatic heterocycles. The van der Waals surface area contributed by atoms with Gasteiger partial charge in [-0.2, -0.15) is 0 Å². The van der Waals surface area contributed by atoms with E-state index in [0.717, 1.165) is 23.7 Å². The van der Waals surface area contributed by atoms with Crippen molar-refractivity contribution in [3.8, 4) is 0 Å². The monoisotopic (exact) mass is 203 g/mol. The van der Waals surface area contributed by atoms with Gasteiger partial charge in [0.25, 0.3) is 0 Å². The molecule has 0 bridgehead atoms. The second kappa shape index (κ2) is 4.89. The van der Waals surface area contributed by atoms with Crippen molar-refractivity contribution in [2.75, 3.05) is 0 Å². The lowest BCUT2D eigenvalue weighted by Gasteiger charge is -2.40. The number of rotatable bonds is 2. The van der Waals surface area contributed by atoms with E-state index in [4.69, 9.17) is 0 Å². The molecular weight excluding hydrogens is 180 g/mol. The minimum Gasteiger partial charge on any atom is -0.0625 e. The van der Waals surface area contributed by atoms with Gasteiger partial charge in [-0.3, -0.25) is 0 Å². The zero-order chi connectivity index (χ0) is 10.8. The molecule has 0 aromatic rings. The SMILES string of the molecule is CC1CCC(C(C)C)C([C]2[CH][CH][CH][CH]2)C1. The quantitative estimate of drug-likeness (QED) is 0.634. The maximum atomic E-state index is 2.41. The first kappa shape index (κ1) is 11.5. The van der Waals surface area contributed by atoms with Gasteiger partial charge < -0.3 is 0 Å². The molecule has 0 N–H and O–H groups in total. The summed E-state index contributed by atoms with van der Waals surface area (Å²) in [5.74, 6) is 5.06. The first-order valence-electron chi connectivity index (χ1n) is 6.40. The summed E-state index contributed by atoms with van der Waals surface area (Å²) in [5, 5.41) is 0. The van der Waals surface area contributed by atoms with Crippen LogP contribution in [0.1, 0.15) is 40.0 Å². The molecule has 2 rings (SSSR count). The molecule has 2 aliphatic carbocycles. The Morgan fingerprint density at radius 1 is 1.13 bits per heavy atom. The zero-order valence-electron chi connectivity index (χ0n) is 10.2. The summed E-state index contributed by atoms with van der Waals surface area (Å²) >= 11 is 0. The van der Waals surface area contributed by atoms with Crippen molar-refractivity contribution in [2.24, 2.45) is 23.7 Å². The lowest BCUT2D eigenvalue weighted by Crippen LogP contribution is -2.31. The van der Waals surface area contributed by atoms with Gasteiger partial charge >= 0.3 is 0 Å². The molecule has 0 heterocycles. The van der Waals surface area contributed by atoms with Crippen LogP contribution in [-0.2, 0) is 0 Å². The van der Waals surface area contributed by atoms with Crippen molar-refractivity contribution in [2.45, 2.75) is 40.0 Å². The van der Waals surface area contributed by atoms with Crippen LogP contribution >= 0.6 is 0 Å². The van der Waals surface area contributed by atoms with E-state index in [1.807, 2.05) is 0 Å². The first-order valence-corrected chi connectivity index (χ1v) is 6.40. The molecule has 0 spiro atoms. The molecule has 0 amide bonds. The van der Waals surface area contributed by atoms with E-state index in [1.165, 1.54) is 19.3 Å². The lowest BCUT2D eigenvalue weighted by molar-refractivity contribution is 0.159. The summed E-state index contributed by atoms with van der Waals surface area (Å²) in [5.41, 5.74) is 0. The highest BCUT2D eigenvalue weighted by molar-refractivity contribution is 5.37. The fourth-order valence-corrected chi connectivity index (χ4v) is 3.22. The normalized spacial score (nSPS) is 38.8. The number of hydrogen-bond donors (Lipinski definition) is 0. The van der Waals surface area contributed by atoms with E-state index in [0.29, 0.717) is 0 Å². The third-order valence-corrected chi connectivity index (χ3v) is 4.14. The summed E-state index contributed by atoms with van der Waals surface area (Å²) in [4.78, 5) is 0. The van der Waals surface area contributed by atoms with Gasteiger partial charge in [-0.25, -0.2) is 0 Å². The highest BCUT2D eigenvalue weighted by atomic mass is 14.4. The van der Waals surface area contributed by atoms with E-state index in [1.54, 1.807) is 5.92 Å². The molecule has 83 valence electrons. The van der Waals surface area contributed by atoms with Gasteiger partial charge in [-0.05, 0) is 68.1 Å². The standard InChI is InChI=1S/C15H23/c1-11(2)14-9-8-12(3)10-15(14)13-6-4-5-7-13/h4-7,11-12,14-15H,8-10H2,1-3H3. The smallest absolute Gasteiger partial charge is 0.0133 e. The average molecular weight is 203 g/mol. The van der Waals surface area contributed by atoms with Crippen LogP contribution in [0.5, 0.6) is 0 Å². The van der Waals surface area contributed by atoms with E-state index in [-0.39, 0.29) is 0 Å². The van der Waals surface area contributed by atoms with Gasteiger partial charge in [0.15, 0.2) is 0 Å². The maximum absolute atomic E-state index is 2.41. The van der Waals surface area contributed by atoms with Crippen LogP contribution < -0.4 is 0 Å². The maximum Gasteiger partial charge on any atom is -0.0133 e. The summed E-state index contributed by atoms with van der Waals surface area (Å²) in [6.45, 7) is 7.18. The average Bonchev–Trinajstić information content (AvgIpc) is 2.69. The van der Waals surface area contributed by atoms with Gasteiger partial charge in [0, 0.05) is 0 Å². The van der Waals surface area contributed by atoms with Crippen LogP contribution in [-0.4, -0.2) is 0 Å². The Hall–Kier alpha value is 0. The van der Waals surface area contributed by atoms with E-state index in [2.05, 4.69) is 46.5 Å². The van der Waals surface area contributed by atoms with Gasteiger partial charge in [-0.1, -0.05) is 27.2 Å². The van der Waals surface area contributed by atoms with Crippen molar-refractivity contribution in [3.05, 3.63) is 31.6 Å².